The molecule has 0 radical (unpaired) electrons. The summed E-state index contributed by atoms with van der Waals surface area (Å²) in [5, 5.41) is 12.2. The number of aliphatic carboxylic acids is 1. The van der Waals surface area contributed by atoms with Crippen LogP contribution in [0.3, 0.4) is 0 Å². The lowest BCUT2D eigenvalue weighted by Crippen LogP contribution is -2.49. The molecule has 3 aliphatic rings. The summed E-state index contributed by atoms with van der Waals surface area (Å²) in [6.07, 6.45) is 2.80. The average molecular weight is 361 g/mol. The van der Waals surface area contributed by atoms with Crippen molar-refractivity contribution in [3.8, 4) is 11.5 Å². The standard InChI is InChI=1S/C19H23NO6/c21-17(13-2-3-14(13)18(22)23)20-10-19(5-7-24-8-6-19)12-1-4-15-16(9-12)26-11-25-15/h1,4,9,13-14H,2-3,5-8,10-11H2,(H,20,21)(H,22,23). The highest BCUT2D eigenvalue weighted by atomic mass is 16.7. The minimum Gasteiger partial charge on any atom is -0.481 e. The summed E-state index contributed by atoms with van der Waals surface area (Å²) in [6.45, 7) is 1.96. The van der Waals surface area contributed by atoms with Gasteiger partial charge in [-0.2, -0.15) is 0 Å². The number of fused-ring (bicyclic) bond motifs is 1. The Kier molecular flexibility index (Phi) is 4.48. The van der Waals surface area contributed by atoms with E-state index in [0.29, 0.717) is 32.6 Å². The van der Waals surface area contributed by atoms with Gasteiger partial charge in [-0.1, -0.05) is 6.07 Å². The second kappa shape index (κ2) is 6.79. The number of carbonyl (C=O) groups excluding carboxylic acids is 1. The van der Waals surface area contributed by atoms with E-state index in [1.165, 1.54) is 0 Å². The number of hydrogen-bond donors (Lipinski definition) is 2. The number of carbonyl (C=O) groups is 2. The molecular weight excluding hydrogens is 338 g/mol. The van der Waals surface area contributed by atoms with Crippen LogP contribution in [0.5, 0.6) is 11.5 Å². The molecule has 4 rings (SSSR count). The maximum atomic E-state index is 12.5. The smallest absolute Gasteiger partial charge is 0.307 e. The Morgan fingerprint density at radius 2 is 1.85 bits per heavy atom. The molecule has 0 spiro atoms. The van der Waals surface area contributed by atoms with Gasteiger partial charge in [0.25, 0.3) is 0 Å². The predicted molar refractivity (Wildman–Crippen MR) is 91.2 cm³/mol. The molecule has 0 bridgehead atoms. The molecule has 2 atom stereocenters. The Labute approximate surface area is 151 Å². The maximum Gasteiger partial charge on any atom is 0.307 e. The summed E-state index contributed by atoms with van der Waals surface area (Å²) in [5.74, 6) is -0.543. The highest BCUT2D eigenvalue weighted by molar-refractivity contribution is 5.86. The zero-order valence-corrected chi connectivity index (χ0v) is 14.5. The molecule has 7 nitrogen and oxygen atoms in total. The van der Waals surface area contributed by atoms with Crippen LogP contribution in [0.25, 0.3) is 0 Å². The first-order valence-electron chi connectivity index (χ1n) is 9.07. The van der Waals surface area contributed by atoms with Crippen LogP contribution in [0.1, 0.15) is 31.2 Å². The van der Waals surface area contributed by atoms with Crippen molar-refractivity contribution in [2.24, 2.45) is 11.8 Å². The van der Waals surface area contributed by atoms with Crippen LogP contribution >= 0.6 is 0 Å². The Morgan fingerprint density at radius 3 is 2.54 bits per heavy atom. The van der Waals surface area contributed by atoms with Crippen molar-refractivity contribution in [3.63, 3.8) is 0 Å². The molecule has 1 saturated heterocycles. The molecule has 2 unspecified atom stereocenters. The summed E-state index contributed by atoms with van der Waals surface area (Å²) in [7, 11) is 0. The average Bonchev–Trinajstić information content (AvgIpc) is 3.07. The lowest BCUT2D eigenvalue weighted by molar-refractivity contribution is -0.152. The number of amides is 1. The van der Waals surface area contributed by atoms with Crippen molar-refractivity contribution in [1.29, 1.82) is 0 Å². The molecule has 140 valence electrons. The third-order valence-corrected chi connectivity index (χ3v) is 5.96. The molecule has 1 amide bonds. The van der Waals surface area contributed by atoms with Gasteiger partial charge in [0.15, 0.2) is 11.5 Å². The minimum atomic E-state index is -0.882. The number of hydrogen-bond acceptors (Lipinski definition) is 5. The zero-order chi connectivity index (χ0) is 18.1. The van der Waals surface area contributed by atoms with Crippen LogP contribution in [0, 0.1) is 11.8 Å². The number of rotatable bonds is 5. The first-order valence-corrected chi connectivity index (χ1v) is 9.07. The van der Waals surface area contributed by atoms with Crippen molar-refractivity contribution >= 4 is 11.9 Å². The van der Waals surface area contributed by atoms with Gasteiger partial charge in [0.1, 0.15) is 0 Å². The normalized spacial score (nSPS) is 26.0. The van der Waals surface area contributed by atoms with Gasteiger partial charge in [-0.25, -0.2) is 0 Å². The second-order valence-electron chi connectivity index (χ2n) is 7.31. The van der Waals surface area contributed by atoms with Crippen LogP contribution in [-0.4, -0.2) is 43.5 Å². The molecule has 2 heterocycles. The van der Waals surface area contributed by atoms with Crippen molar-refractivity contribution in [3.05, 3.63) is 23.8 Å². The maximum absolute atomic E-state index is 12.5. The van der Waals surface area contributed by atoms with Crippen LogP contribution in [0.15, 0.2) is 18.2 Å². The van der Waals surface area contributed by atoms with E-state index < -0.39 is 17.8 Å². The van der Waals surface area contributed by atoms with Crippen LogP contribution in [0.4, 0.5) is 0 Å². The van der Waals surface area contributed by atoms with Crippen molar-refractivity contribution in [2.45, 2.75) is 31.1 Å². The lowest BCUT2D eigenvalue weighted by Gasteiger charge is -2.39. The Bertz CT molecular complexity index is 712. The third kappa shape index (κ3) is 3.00. The first-order chi connectivity index (χ1) is 12.6. The van der Waals surface area contributed by atoms with E-state index in [0.717, 1.165) is 29.9 Å². The van der Waals surface area contributed by atoms with Gasteiger partial charge in [-0.15, -0.1) is 0 Å². The number of benzene rings is 1. The summed E-state index contributed by atoms with van der Waals surface area (Å²) in [5.41, 5.74) is 0.853. The van der Waals surface area contributed by atoms with Crippen molar-refractivity contribution in [2.75, 3.05) is 26.6 Å². The van der Waals surface area contributed by atoms with Crippen molar-refractivity contribution in [1.82, 2.24) is 5.32 Å². The topological polar surface area (TPSA) is 94.1 Å². The van der Waals surface area contributed by atoms with Gasteiger partial charge in [-0.3, -0.25) is 9.59 Å². The summed E-state index contributed by atoms with van der Waals surface area (Å²) in [4.78, 5) is 23.7. The molecule has 2 aliphatic heterocycles. The molecular formula is C19H23NO6. The lowest BCUT2D eigenvalue weighted by atomic mass is 9.72. The fraction of sp³-hybridized carbons (Fsp3) is 0.579. The number of nitrogens with one attached hydrogen (secondary N) is 1. The minimum absolute atomic E-state index is 0.157. The van der Waals surface area contributed by atoms with Crippen LogP contribution in [-0.2, 0) is 19.7 Å². The Morgan fingerprint density at radius 1 is 1.12 bits per heavy atom. The summed E-state index contributed by atoms with van der Waals surface area (Å²) < 4.78 is 16.4. The van der Waals surface area contributed by atoms with Crippen molar-refractivity contribution < 1.29 is 28.9 Å². The molecule has 2 fully saturated rings. The number of carboxylic acid groups (broad SMARTS) is 1. The van der Waals surface area contributed by atoms with Crippen LogP contribution < -0.4 is 14.8 Å². The van der Waals surface area contributed by atoms with Gasteiger partial charge in [0, 0.05) is 25.2 Å². The fourth-order valence-electron chi connectivity index (χ4n) is 4.05. The predicted octanol–water partition coefficient (Wildman–Crippen LogP) is 1.69. The van der Waals surface area contributed by atoms with Gasteiger partial charge in [0.2, 0.25) is 12.7 Å². The molecule has 7 heteroatoms. The zero-order valence-electron chi connectivity index (χ0n) is 14.5. The third-order valence-electron chi connectivity index (χ3n) is 5.96. The molecule has 1 aromatic carbocycles. The second-order valence-corrected chi connectivity index (χ2v) is 7.31. The van der Waals surface area contributed by atoms with Gasteiger partial charge >= 0.3 is 5.97 Å². The Balaban J connectivity index is 1.50. The number of carboxylic acids is 1. The molecule has 1 aromatic rings. The van der Waals surface area contributed by atoms with Gasteiger partial charge in [0.05, 0.1) is 11.8 Å². The van der Waals surface area contributed by atoms with E-state index in [2.05, 4.69) is 5.32 Å². The molecule has 2 N–H and O–H groups in total. The molecule has 1 saturated carbocycles. The quantitative estimate of drug-likeness (QED) is 0.829. The summed E-state index contributed by atoms with van der Waals surface area (Å²) in [6, 6.07) is 5.92. The van der Waals surface area contributed by atoms with E-state index >= 15 is 0 Å². The first kappa shape index (κ1) is 17.1. The molecule has 1 aliphatic carbocycles. The monoisotopic (exact) mass is 361 g/mol. The molecule has 26 heavy (non-hydrogen) atoms. The van der Waals surface area contributed by atoms with E-state index in [1.807, 2.05) is 18.2 Å². The number of ether oxygens (including phenoxy) is 3. The van der Waals surface area contributed by atoms with Crippen LogP contribution in [0.2, 0.25) is 0 Å². The largest absolute Gasteiger partial charge is 0.481 e. The van der Waals surface area contributed by atoms with E-state index in [1.54, 1.807) is 0 Å². The fourth-order valence-corrected chi connectivity index (χ4v) is 4.05. The highest BCUT2D eigenvalue weighted by Gasteiger charge is 2.43. The Hall–Kier alpha value is -2.28. The van der Waals surface area contributed by atoms with E-state index in [9.17, 15) is 9.59 Å². The SMILES string of the molecule is O=C(O)C1CCC1C(=O)NCC1(c2ccc3c(c2)OCO3)CCOCC1. The van der Waals surface area contributed by atoms with Gasteiger partial charge in [-0.05, 0) is 43.4 Å². The molecule has 0 aromatic heterocycles. The van der Waals surface area contributed by atoms with E-state index in [4.69, 9.17) is 19.3 Å². The van der Waals surface area contributed by atoms with E-state index in [-0.39, 0.29) is 18.1 Å². The highest BCUT2D eigenvalue weighted by Crippen LogP contribution is 2.41. The van der Waals surface area contributed by atoms with Gasteiger partial charge < -0.3 is 24.6 Å². The summed E-state index contributed by atoms with van der Waals surface area (Å²) >= 11 is 0.